The second-order valence-electron chi connectivity index (χ2n) is 7.41. The molecule has 32 heavy (non-hydrogen) atoms. The van der Waals surface area contributed by atoms with Crippen molar-refractivity contribution in [1.82, 2.24) is 9.47 Å². The zero-order valence-corrected chi connectivity index (χ0v) is 19.0. The summed E-state index contributed by atoms with van der Waals surface area (Å²) in [4.78, 5) is 13.1. The lowest BCUT2D eigenvalue weighted by atomic mass is 10.1. The van der Waals surface area contributed by atoms with Crippen molar-refractivity contribution in [3.63, 3.8) is 0 Å². The number of nitro benzene ring substituents is 1. The molecule has 0 N–H and O–H groups in total. The molecule has 0 unspecified atom stereocenters. The van der Waals surface area contributed by atoms with Gasteiger partial charge < -0.3 is 9.47 Å². The lowest BCUT2D eigenvalue weighted by molar-refractivity contribution is -0.383. The maximum atomic E-state index is 13.7. The fourth-order valence-corrected chi connectivity index (χ4v) is 5.09. The predicted molar refractivity (Wildman–Crippen MR) is 125 cm³/mol. The van der Waals surface area contributed by atoms with E-state index in [0.29, 0.717) is 18.5 Å². The van der Waals surface area contributed by atoms with E-state index in [1.807, 2.05) is 6.92 Å². The van der Waals surface area contributed by atoms with Crippen molar-refractivity contribution < 1.29 is 13.3 Å². The van der Waals surface area contributed by atoms with Crippen LogP contribution in [0.25, 0.3) is 10.9 Å². The van der Waals surface area contributed by atoms with Crippen LogP contribution in [-0.2, 0) is 16.4 Å². The van der Waals surface area contributed by atoms with Gasteiger partial charge in [0, 0.05) is 32.3 Å². The highest BCUT2D eigenvalue weighted by Gasteiger charge is 2.31. The predicted octanol–water partition coefficient (Wildman–Crippen LogP) is 4.11. The first kappa shape index (κ1) is 23.1. The number of benzene rings is 2. The van der Waals surface area contributed by atoms with Gasteiger partial charge in [-0.05, 0) is 24.6 Å². The summed E-state index contributed by atoms with van der Waals surface area (Å²) < 4.78 is 29.1. The van der Waals surface area contributed by atoms with Gasteiger partial charge in [-0.1, -0.05) is 37.6 Å². The molecule has 0 bridgehead atoms. The van der Waals surface area contributed by atoms with Gasteiger partial charge in [-0.2, -0.15) is 5.10 Å². The molecular formula is C22H25N5O4S. The van der Waals surface area contributed by atoms with Gasteiger partial charge in [0.1, 0.15) is 11.4 Å². The molecule has 0 saturated heterocycles. The van der Waals surface area contributed by atoms with Crippen molar-refractivity contribution in [1.29, 1.82) is 0 Å². The number of nitro groups is 1. The van der Waals surface area contributed by atoms with Crippen LogP contribution >= 0.6 is 0 Å². The number of unbranched alkanes of at least 4 members (excludes halogenated alkanes) is 1. The van der Waals surface area contributed by atoms with Crippen LogP contribution in [0.1, 0.15) is 25.3 Å². The summed E-state index contributed by atoms with van der Waals surface area (Å²) in [7, 11) is -0.462. The van der Waals surface area contributed by atoms with Gasteiger partial charge in [0.2, 0.25) is 9.84 Å². The molecule has 9 nitrogen and oxygen atoms in total. The third-order valence-electron chi connectivity index (χ3n) is 4.83. The van der Waals surface area contributed by atoms with Crippen LogP contribution in [0.5, 0.6) is 0 Å². The number of hydrogen-bond donors (Lipinski definition) is 0. The Kier molecular flexibility index (Phi) is 7.04. The highest BCUT2D eigenvalue weighted by atomic mass is 32.2. The van der Waals surface area contributed by atoms with E-state index in [2.05, 4.69) is 10.2 Å². The van der Waals surface area contributed by atoms with E-state index in [-0.39, 0.29) is 26.6 Å². The topological polar surface area (TPSA) is 110 Å². The van der Waals surface area contributed by atoms with E-state index < -0.39 is 14.8 Å². The second-order valence-corrected chi connectivity index (χ2v) is 9.27. The number of aromatic nitrogens is 1. The van der Waals surface area contributed by atoms with Crippen molar-refractivity contribution in [3.05, 3.63) is 64.2 Å². The lowest BCUT2D eigenvalue weighted by Crippen LogP contribution is -2.12. The third kappa shape index (κ3) is 4.54. The molecule has 1 aromatic heterocycles. The fourth-order valence-electron chi connectivity index (χ4n) is 3.43. The summed E-state index contributed by atoms with van der Waals surface area (Å²) in [5, 5.41) is 19.9. The molecule has 0 amide bonds. The Hall–Kier alpha value is -3.53. The first-order valence-corrected chi connectivity index (χ1v) is 11.6. The van der Waals surface area contributed by atoms with Crippen molar-refractivity contribution in [2.24, 2.45) is 10.2 Å². The monoisotopic (exact) mass is 455 g/mol. The Morgan fingerprint density at radius 3 is 2.44 bits per heavy atom. The van der Waals surface area contributed by atoms with Gasteiger partial charge in [0.25, 0.3) is 5.69 Å². The minimum atomic E-state index is -4.00. The average Bonchev–Trinajstić information content (AvgIpc) is 3.09. The second kappa shape index (κ2) is 9.73. The van der Waals surface area contributed by atoms with Gasteiger partial charge in [0.05, 0.1) is 26.9 Å². The summed E-state index contributed by atoms with van der Waals surface area (Å²) in [5.41, 5.74) is 0.448. The Labute approximate surface area is 186 Å². The Bertz CT molecular complexity index is 1280. The van der Waals surface area contributed by atoms with Crippen LogP contribution in [0, 0.1) is 10.1 Å². The molecule has 0 radical (unpaired) electrons. The highest BCUT2D eigenvalue weighted by molar-refractivity contribution is 7.91. The first-order valence-electron chi connectivity index (χ1n) is 10.1. The summed E-state index contributed by atoms with van der Waals surface area (Å²) in [6.45, 7) is 2.39. The molecule has 10 heteroatoms. The molecular weight excluding hydrogens is 430 g/mol. The Morgan fingerprint density at radius 1 is 1.09 bits per heavy atom. The molecule has 1 heterocycles. The van der Waals surface area contributed by atoms with E-state index in [0.717, 1.165) is 6.42 Å². The Balaban J connectivity index is 2.42. The zero-order valence-electron chi connectivity index (χ0n) is 18.2. The maximum absolute atomic E-state index is 13.7. The number of non-ortho nitro benzene ring substituents is 1. The normalized spacial score (nSPS) is 12.2. The molecule has 0 fully saturated rings. The minimum absolute atomic E-state index is 0.0229. The molecule has 0 aliphatic carbocycles. The zero-order chi connectivity index (χ0) is 23.3. The molecule has 0 aliphatic heterocycles. The summed E-state index contributed by atoms with van der Waals surface area (Å²) in [6.07, 6.45) is 4.27. The molecule has 0 aliphatic rings. The van der Waals surface area contributed by atoms with Crippen LogP contribution in [0.3, 0.4) is 0 Å². The summed E-state index contributed by atoms with van der Waals surface area (Å²) in [6, 6.07) is 12.7. The molecule has 3 rings (SSSR count). The first-order chi connectivity index (χ1) is 15.3. The van der Waals surface area contributed by atoms with E-state index in [1.165, 1.54) is 30.8 Å². The van der Waals surface area contributed by atoms with Crippen LogP contribution in [0.4, 0.5) is 5.69 Å². The number of aryl methyl sites for hydroxylation is 1. The number of nitrogens with zero attached hydrogens (tertiary/aromatic N) is 5. The van der Waals surface area contributed by atoms with E-state index in [1.54, 1.807) is 53.9 Å². The van der Waals surface area contributed by atoms with Gasteiger partial charge in [-0.3, -0.25) is 10.1 Å². The number of fused-ring (bicyclic) bond motifs is 1. The van der Waals surface area contributed by atoms with Crippen molar-refractivity contribution in [3.8, 4) is 0 Å². The standard InChI is InChI=1S/C22H25N5O4S/c1-4-5-14-26-19-12-9-13-20(27(28)29)21(19)18(15-23-24-16-25(2)3)22(26)32(30,31)17-10-7-6-8-11-17/h6-13,15-16H,4-5,14H2,1-3H3/b23-15+,24-16+. The lowest BCUT2D eigenvalue weighted by Gasteiger charge is -2.12. The SMILES string of the molecule is CCCCn1c(S(=O)(=O)c2ccccc2)c(/C=N/N=C/N(C)C)c2c([N+](=O)[O-])cccc21. The van der Waals surface area contributed by atoms with Gasteiger partial charge in [-0.25, -0.2) is 8.42 Å². The summed E-state index contributed by atoms with van der Waals surface area (Å²) in [5.74, 6) is 0. The van der Waals surface area contributed by atoms with E-state index >= 15 is 0 Å². The fraction of sp³-hybridized carbons (Fsp3) is 0.273. The Morgan fingerprint density at radius 2 is 1.81 bits per heavy atom. The molecule has 168 valence electrons. The summed E-state index contributed by atoms with van der Waals surface area (Å²) >= 11 is 0. The van der Waals surface area contributed by atoms with Crippen LogP contribution < -0.4 is 0 Å². The average molecular weight is 456 g/mol. The van der Waals surface area contributed by atoms with E-state index in [4.69, 9.17) is 0 Å². The molecule has 0 atom stereocenters. The molecule has 2 aromatic carbocycles. The third-order valence-corrected chi connectivity index (χ3v) is 6.67. The number of rotatable bonds is 9. The molecule has 3 aromatic rings. The molecule has 0 spiro atoms. The smallest absolute Gasteiger partial charge is 0.279 e. The minimum Gasteiger partial charge on any atom is -0.367 e. The quantitative estimate of drug-likeness (QED) is 0.209. The highest BCUT2D eigenvalue weighted by Crippen LogP contribution is 2.37. The number of hydrogen-bond acceptors (Lipinski definition) is 6. The van der Waals surface area contributed by atoms with Crippen molar-refractivity contribution in [2.45, 2.75) is 36.2 Å². The van der Waals surface area contributed by atoms with Gasteiger partial charge in [-0.15, -0.1) is 5.10 Å². The van der Waals surface area contributed by atoms with Crippen LogP contribution in [0.15, 0.2) is 68.7 Å². The van der Waals surface area contributed by atoms with E-state index in [9.17, 15) is 18.5 Å². The molecule has 0 saturated carbocycles. The van der Waals surface area contributed by atoms with Crippen LogP contribution in [0.2, 0.25) is 0 Å². The largest absolute Gasteiger partial charge is 0.367 e. The van der Waals surface area contributed by atoms with Crippen molar-refractivity contribution >= 4 is 39.0 Å². The maximum Gasteiger partial charge on any atom is 0.279 e. The number of sulfone groups is 1. The van der Waals surface area contributed by atoms with Gasteiger partial charge >= 0.3 is 0 Å². The van der Waals surface area contributed by atoms with Gasteiger partial charge in [0.15, 0.2) is 0 Å². The van der Waals surface area contributed by atoms with Crippen molar-refractivity contribution in [2.75, 3.05) is 14.1 Å². The van der Waals surface area contributed by atoms with Crippen LogP contribution in [-0.4, -0.2) is 49.5 Å².